The van der Waals surface area contributed by atoms with Gasteiger partial charge in [-0.1, -0.05) is 18.2 Å². The number of hydrogen-bond acceptors (Lipinski definition) is 5. The molecule has 1 aliphatic heterocycles. The summed E-state index contributed by atoms with van der Waals surface area (Å²) < 4.78 is 7.18. The molecule has 1 aliphatic rings. The Kier molecular flexibility index (Phi) is 4.74. The van der Waals surface area contributed by atoms with Crippen LogP contribution in [0, 0.1) is 0 Å². The van der Waals surface area contributed by atoms with Crippen molar-refractivity contribution in [3.8, 4) is 5.69 Å². The Morgan fingerprint density at radius 2 is 2.04 bits per heavy atom. The lowest BCUT2D eigenvalue weighted by molar-refractivity contribution is -0.0229. The summed E-state index contributed by atoms with van der Waals surface area (Å²) in [6, 6.07) is 12.3. The van der Waals surface area contributed by atoms with Crippen LogP contribution in [-0.4, -0.2) is 51.4 Å². The molecule has 0 saturated carbocycles. The van der Waals surface area contributed by atoms with Crippen molar-refractivity contribution in [1.82, 2.24) is 14.7 Å². The molecule has 0 unspecified atom stereocenters. The second-order valence-electron chi connectivity index (χ2n) is 6.13. The Morgan fingerprint density at radius 3 is 2.74 bits per heavy atom. The van der Waals surface area contributed by atoms with Gasteiger partial charge in [-0.2, -0.15) is 16.4 Å². The van der Waals surface area contributed by atoms with E-state index in [0.717, 1.165) is 5.56 Å². The summed E-state index contributed by atoms with van der Waals surface area (Å²) in [5.41, 5.74) is 1.74. The van der Waals surface area contributed by atoms with Gasteiger partial charge in [0.15, 0.2) is 5.69 Å². The van der Waals surface area contributed by atoms with E-state index >= 15 is 0 Å². The molecule has 0 aliphatic carbocycles. The number of aromatic nitrogens is 2. The molecule has 1 amide bonds. The number of thiophene rings is 1. The summed E-state index contributed by atoms with van der Waals surface area (Å²) >= 11 is 1.58. The molecule has 4 rings (SSSR count). The van der Waals surface area contributed by atoms with Gasteiger partial charge < -0.3 is 14.7 Å². The fraction of sp³-hybridized carbons (Fsp3) is 0.211. The van der Waals surface area contributed by atoms with E-state index in [1.165, 1.54) is 10.7 Å². The Labute approximate surface area is 159 Å². The average Bonchev–Trinajstić information content (AvgIpc) is 3.38. The van der Waals surface area contributed by atoms with Gasteiger partial charge in [-0.25, -0.2) is 9.48 Å². The Balaban J connectivity index is 1.66. The van der Waals surface area contributed by atoms with Gasteiger partial charge in [0.1, 0.15) is 11.8 Å². The zero-order chi connectivity index (χ0) is 18.8. The van der Waals surface area contributed by atoms with Gasteiger partial charge in [-0.3, -0.25) is 4.79 Å². The predicted molar refractivity (Wildman–Crippen MR) is 99.4 cm³/mol. The lowest BCUT2D eigenvalue weighted by Gasteiger charge is -2.32. The second-order valence-corrected chi connectivity index (χ2v) is 6.91. The second kappa shape index (κ2) is 7.34. The molecule has 3 aromatic rings. The highest BCUT2D eigenvalue weighted by atomic mass is 32.1. The lowest BCUT2D eigenvalue weighted by Crippen LogP contribution is -2.42. The van der Waals surface area contributed by atoms with Crippen LogP contribution in [0.25, 0.3) is 5.69 Å². The van der Waals surface area contributed by atoms with E-state index in [2.05, 4.69) is 5.10 Å². The Hall–Kier alpha value is -2.97. The van der Waals surface area contributed by atoms with Gasteiger partial charge in [0.05, 0.1) is 18.8 Å². The summed E-state index contributed by atoms with van der Waals surface area (Å²) in [6.07, 6.45) is -0.180. The number of ether oxygens (including phenoxy) is 1. The molecule has 3 heterocycles. The number of amides is 1. The van der Waals surface area contributed by atoms with E-state index in [1.54, 1.807) is 28.4 Å². The summed E-state index contributed by atoms with van der Waals surface area (Å²) in [6.45, 7) is 1.29. The summed E-state index contributed by atoms with van der Waals surface area (Å²) in [5.74, 6) is -1.43. The molecule has 138 valence electrons. The van der Waals surface area contributed by atoms with Crippen LogP contribution < -0.4 is 0 Å². The van der Waals surface area contributed by atoms with Crippen LogP contribution in [0.5, 0.6) is 0 Å². The van der Waals surface area contributed by atoms with Crippen molar-refractivity contribution in [3.05, 3.63) is 70.2 Å². The molecule has 1 aromatic carbocycles. The molecule has 1 N–H and O–H groups in total. The minimum Gasteiger partial charge on any atom is -0.476 e. The molecule has 2 aromatic heterocycles. The largest absolute Gasteiger partial charge is 0.476 e. The lowest BCUT2D eigenvalue weighted by atomic mass is 10.1. The third-order valence-corrected chi connectivity index (χ3v) is 5.12. The SMILES string of the molecule is O=C(O)c1cc(C(=O)N2CCO[C@@H](c3ccsc3)C2)n(-c2ccccc2)n1. The van der Waals surface area contributed by atoms with Crippen molar-refractivity contribution in [1.29, 1.82) is 0 Å². The van der Waals surface area contributed by atoms with Crippen molar-refractivity contribution in [2.45, 2.75) is 6.10 Å². The first kappa shape index (κ1) is 17.4. The quantitative estimate of drug-likeness (QED) is 0.749. The van der Waals surface area contributed by atoms with E-state index in [0.29, 0.717) is 25.4 Å². The molecule has 0 radical (unpaired) electrons. The van der Waals surface area contributed by atoms with Crippen molar-refractivity contribution < 1.29 is 19.4 Å². The fourth-order valence-electron chi connectivity index (χ4n) is 3.06. The molecular weight excluding hydrogens is 366 g/mol. The highest BCUT2D eigenvalue weighted by Crippen LogP contribution is 2.25. The molecule has 1 saturated heterocycles. The van der Waals surface area contributed by atoms with Crippen LogP contribution >= 0.6 is 11.3 Å². The van der Waals surface area contributed by atoms with Gasteiger partial charge in [-0.15, -0.1) is 0 Å². The summed E-state index contributed by atoms with van der Waals surface area (Å²) in [4.78, 5) is 26.2. The number of carboxylic acid groups (broad SMARTS) is 1. The summed E-state index contributed by atoms with van der Waals surface area (Å²) in [5, 5.41) is 17.4. The number of para-hydroxylation sites is 1. The van der Waals surface area contributed by atoms with Crippen molar-refractivity contribution in [2.24, 2.45) is 0 Å². The molecule has 0 spiro atoms. The third-order valence-electron chi connectivity index (χ3n) is 4.42. The molecule has 1 atom stereocenters. The molecule has 8 heteroatoms. The van der Waals surface area contributed by atoms with Crippen LogP contribution in [-0.2, 0) is 4.74 Å². The molecule has 7 nitrogen and oxygen atoms in total. The summed E-state index contributed by atoms with van der Waals surface area (Å²) in [7, 11) is 0. The number of nitrogens with zero attached hydrogens (tertiary/aromatic N) is 3. The van der Waals surface area contributed by atoms with Crippen LogP contribution in [0.1, 0.15) is 32.6 Å². The van der Waals surface area contributed by atoms with Gasteiger partial charge in [-0.05, 0) is 34.5 Å². The van der Waals surface area contributed by atoms with E-state index in [9.17, 15) is 14.7 Å². The smallest absolute Gasteiger partial charge is 0.356 e. The number of benzene rings is 1. The first-order chi connectivity index (χ1) is 13.1. The minimum absolute atomic E-state index is 0.162. The van der Waals surface area contributed by atoms with Gasteiger partial charge in [0.25, 0.3) is 5.91 Å². The normalized spacial score (nSPS) is 17.0. The van der Waals surface area contributed by atoms with Crippen molar-refractivity contribution in [2.75, 3.05) is 19.7 Å². The van der Waals surface area contributed by atoms with Crippen LogP contribution in [0.3, 0.4) is 0 Å². The number of carbonyl (C=O) groups is 2. The number of rotatable bonds is 4. The highest BCUT2D eigenvalue weighted by Gasteiger charge is 2.29. The van der Waals surface area contributed by atoms with E-state index in [-0.39, 0.29) is 23.4 Å². The number of hydrogen-bond donors (Lipinski definition) is 1. The first-order valence-corrected chi connectivity index (χ1v) is 9.39. The maximum atomic E-state index is 13.2. The fourth-order valence-corrected chi connectivity index (χ4v) is 3.76. The van der Waals surface area contributed by atoms with E-state index in [1.807, 2.05) is 35.0 Å². The molecule has 0 bridgehead atoms. The maximum absolute atomic E-state index is 13.2. The number of morpholine rings is 1. The van der Waals surface area contributed by atoms with Crippen LogP contribution in [0.4, 0.5) is 0 Å². The monoisotopic (exact) mass is 383 g/mol. The predicted octanol–water partition coefficient (Wildman–Crippen LogP) is 2.85. The average molecular weight is 383 g/mol. The highest BCUT2D eigenvalue weighted by molar-refractivity contribution is 7.07. The Bertz CT molecular complexity index is 953. The zero-order valence-electron chi connectivity index (χ0n) is 14.3. The third kappa shape index (κ3) is 3.49. The molecule has 1 fully saturated rings. The number of carbonyl (C=O) groups excluding carboxylic acids is 1. The molecule has 27 heavy (non-hydrogen) atoms. The van der Waals surface area contributed by atoms with E-state index in [4.69, 9.17) is 4.74 Å². The van der Waals surface area contributed by atoms with E-state index < -0.39 is 5.97 Å². The van der Waals surface area contributed by atoms with Crippen molar-refractivity contribution in [3.63, 3.8) is 0 Å². The standard InChI is InChI=1S/C19H17N3O4S/c23-18(21-7-8-26-17(11-21)13-6-9-27-12-13)16-10-15(19(24)25)20-22(16)14-4-2-1-3-5-14/h1-6,9-10,12,17H,7-8,11H2,(H,24,25)/t17-/m1/s1. The van der Waals surface area contributed by atoms with Crippen molar-refractivity contribution >= 4 is 23.2 Å². The zero-order valence-corrected chi connectivity index (χ0v) is 15.1. The van der Waals surface area contributed by atoms with Gasteiger partial charge in [0.2, 0.25) is 0 Å². The number of aromatic carboxylic acids is 1. The topological polar surface area (TPSA) is 84.7 Å². The minimum atomic E-state index is -1.17. The molecular formula is C19H17N3O4S. The maximum Gasteiger partial charge on any atom is 0.356 e. The first-order valence-electron chi connectivity index (χ1n) is 8.45. The van der Waals surface area contributed by atoms with Crippen LogP contribution in [0.2, 0.25) is 0 Å². The Morgan fingerprint density at radius 1 is 1.22 bits per heavy atom. The van der Waals surface area contributed by atoms with Gasteiger partial charge >= 0.3 is 5.97 Å². The van der Waals surface area contributed by atoms with Gasteiger partial charge in [0, 0.05) is 12.6 Å². The van der Waals surface area contributed by atoms with Crippen LogP contribution in [0.15, 0.2) is 53.2 Å². The number of carboxylic acids is 1.